The van der Waals surface area contributed by atoms with Crippen LogP contribution in [-0.4, -0.2) is 56.0 Å². The highest BCUT2D eigenvalue weighted by atomic mass is 31.0. The van der Waals surface area contributed by atoms with Crippen LogP contribution in [0.15, 0.2) is 40.7 Å². The molecule has 1 amide bonds. The Morgan fingerprint density at radius 3 is 2.73 bits per heavy atom. The normalized spacial score (nSPS) is 17.2. The summed E-state index contributed by atoms with van der Waals surface area (Å²) >= 11 is 0. The molecule has 0 saturated heterocycles. The van der Waals surface area contributed by atoms with E-state index in [0.717, 1.165) is 16.7 Å². The van der Waals surface area contributed by atoms with Crippen molar-refractivity contribution in [2.75, 3.05) is 26.8 Å². The molecule has 30 heavy (non-hydrogen) atoms. The average Bonchev–Trinajstić information content (AvgIpc) is 2.71. The molecule has 1 aromatic carbocycles. The van der Waals surface area contributed by atoms with Crippen molar-refractivity contribution in [1.82, 2.24) is 16.0 Å². The zero-order valence-corrected chi connectivity index (χ0v) is 18.7. The van der Waals surface area contributed by atoms with Crippen LogP contribution in [0.1, 0.15) is 16.7 Å². The minimum Gasteiger partial charge on any atom is -0.490 e. The molecule has 2 rings (SSSR count). The number of alkyl halides is 1. The van der Waals surface area contributed by atoms with Crippen molar-refractivity contribution in [2.24, 2.45) is 4.99 Å². The first-order valence-electron chi connectivity index (χ1n) is 9.73. The summed E-state index contributed by atoms with van der Waals surface area (Å²) in [6.45, 7) is 4.30. The molecule has 0 spiro atoms. The first-order chi connectivity index (χ1) is 14.4. The van der Waals surface area contributed by atoms with Gasteiger partial charge in [-0.25, -0.2) is 4.39 Å². The van der Waals surface area contributed by atoms with Gasteiger partial charge in [-0.2, -0.15) is 0 Å². The van der Waals surface area contributed by atoms with Crippen molar-refractivity contribution in [1.29, 1.82) is 0 Å². The van der Waals surface area contributed by atoms with E-state index >= 15 is 0 Å². The molecule has 9 heteroatoms. The summed E-state index contributed by atoms with van der Waals surface area (Å²) < 4.78 is 18.6. The predicted octanol–water partition coefficient (Wildman–Crippen LogP) is 1.49. The fraction of sp³-hybridized carbons (Fsp3) is 0.429. The standard InChI is InChI=1S/C21H30FN4O3P/c1-13-8-15(9-14(2)20(13)29-12-18(22)30)10-24-11-16-17(23-3)4-5-25-19(16)21(28)26-6-7-27/h4-5,8-9,11,17-18,23,25,27H,6-7,10,12,30H2,1-3H3,(H,26,28). The van der Waals surface area contributed by atoms with E-state index in [2.05, 4.69) is 30.2 Å². The molecule has 1 aliphatic rings. The van der Waals surface area contributed by atoms with E-state index in [1.807, 2.05) is 32.1 Å². The third kappa shape index (κ3) is 6.62. The molecule has 164 valence electrons. The molecule has 1 heterocycles. The predicted molar refractivity (Wildman–Crippen MR) is 120 cm³/mol. The highest BCUT2D eigenvalue weighted by Gasteiger charge is 2.21. The van der Waals surface area contributed by atoms with Gasteiger partial charge in [0.25, 0.3) is 5.91 Å². The number of aliphatic imine (C=N–C) groups is 1. The van der Waals surface area contributed by atoms with Gasteiger partial charge in [0.05, 0.1) is 19.2 Å². The molecule has 3 atom stereocenters. The number of nitrogens with zero attached hydrogens (tertiary/aromatic N) is 1. The number of aliphatic hydroxyl groups excluding tert-OH is 1. The fourth-order valence-electron chi connectivity index (χ4n) is 3.19. The van der Waals surface area contributed by atoms with Crippen molar-refractivity contribution in [2.45, 2.75) is 32.3 Å². The summed E-state index contributed by atoms with van der Waals surface area (Å²) in [5.74, 6) is -0.720. The van der Waals surface area contributed by atoms with Crippen molar-refractivity contribution in [3.63, 3.8) is 0 Å². The third-order valence-electron chi connectivity index (χ3n) is 4.49. The highest BCUT2D eigenvalue weighted by Crippen LogP contribution is 2.26. The summed E-state index contributed by atoms with van der Waals surface area (Å²) in [6, 6.07) is 3.77. The molecule has 0 radical (unpaired) electrons. The number of halogens is 1. The lowest BCUT2D eigenvalue weighted by Crippen LogP contribution is -2.39. The molecule has 0 saturated carbocycles. The van der Waals surface area contributed by atoms with E-state index in [-0.39, 0.29) is 31.7 Å². The van der Waals surface area contributed by atoms with Gasteiger partial charge in [0.1, 0.15) is 24.0 Å². The topological polar surface area (TPSA) is 95.0 Å². The zero-order valence-electron chi connectivity index (χ0n) is 17.5. The van der Waals surface area contributed by atoms with E-state index < -0.39 is 5.91 Å². The second kappa shape index (κ2) is 11.8. The lowest BCUT2D eigenvalue weighted by Gasteiger charge is -2.22. The molecule has 1 aliphatic heterocycles. The van der Waals surface area contributed by atoms with Crippen molar-refractivity contribution < 1.29 is 19.0 Å². The Kier molecular flexibility index (Phi) is 9.43. The largest absolute Gasteiger partial charge is 0.490 e. The van der Waals surface area contributed by atoms with Gasteiger partial charge in [-0.05, 0) is 49.9 Å². The highest BCUT2D eigenvalue weighted by molar-refractivity contribution is 7.17. The average molecular weight is 436 g/mol. The van der Waals surface area contributed by atoms with Crippen LogP contribution in [0.5, 0.6) is 5.75 Å². The van der Waals surface area contributed by atoms with Crippen LogP contribution in [0.4, 0.5) is 4.39 Å². The summed E-state index contributed by atoms with van der Waals surface area (Å²) in [6.07, 6.45) is 5.28. The lowest BCUT2D eigenvalue weighted by atomic mass is 10.0. The summed E-state index contributed by atoms with van der Waals surface area (Å²) in [4.78, 5) is 16.9. The molecule has 0 fully saturated rings. The maximum atomic E-state index is 13.0. The molecular weight excluding hydrogens is 406 g/mol. The van der Waals surface area contributed by atoms with Gasteiger partial charge in [-0.15, -0.1) is 0 Å². The number of carbonyl (C=O) groups excluding carboxylic acids is 1. The molecule has 0 bridgehead atoms. The van der Waals surface area contributed by atoms with Crippen LogP contribution in [0.3, 0.4) is 0 Å². The molecule has 4 N–H and O–H groups in total. The van der Waals surface area contributed by atoms with Crippen LogP contribution in [0.25, 0.3) is 0 Å². The van der Waals surface area contributed by atoms with Gasteiger partial charge in [0, 0.05) is 18.3 Å². The Bertz CT molecular complexity index is 817. The number of amides is 1. The van der Waals surface area contributed by atoms with E-state index in [1.54, 1.807) is 19.5 Å². The number of benzene rings is 1. The SMILES string of the molecule is CNC1C=CNC(C(=O)NCCO)=C1C=NCc1cc(C)c(OCC(F)P)c(C)c1. The summed E-state index contributed by atoms with van der Waals surface area (Å²) in [5.41, 5.74) is 3.93. The number of rotatable bonds is 10. The molecule has 3 unspecified atom stereocenters. The van der Waals surface area contributed by atoms with Gasteiger partial charge < -0.3 is 25.8 Å². The Morgan fingerprint density at radius 1 is 1.43 bits per heavy atom. The monoisotopic (exact) mass is 436 g/mol. The van der Waals surface area contributed by atoms with Crippen LogP contribution in [-0.2, 0) is 11.3 Å². The van der Waals surface area contributed by atoms with E-state index in [9.17, 15) is 9.18 Å². The van der Waals surface area contributed by atoms with Gasteiger partial charge in [-0.3, -0.25) is 9.79 Å². The van der Waals surface area contributed by atoms with E-state index in [0.29, 0.717) is 23.6 Å². The smallest absolute Gasteiger partial charge is 0.268 e. The number of nitrogens with one attached hydrogen (secondary N) is 3. The Morgan fingerprint density at radius 2 is 2.13 bits per heavy atom. The number of dihydropyridines is 1. The number of aliphatic hydroxyl groups is 1. The van der Waals surface area contributed by atoms with Crippen molar-refractivity contribution >= 4 is 21.4 Å². The van der Waals surface area contributed by atoms with E-state index in [1.165, 1.54) is 0 Å². The first-order valence-corrected chi connectivity index (χ1v) is 10.4. The molecule has 1 aromatic rings. The second-order valence-electron chi connectivity index (χ2n) is 6.94. The zero-order chi connectivity index (χ0) is 22.1. The summed E-state index contributed by atoms with van der Waals surface area (Å²) in [7, 11) is 3.88. The number of likely N-dealkylation sites (N-methyl/N-ethyl adjacent to an activating group) is 1. The lowest BCUT2D eigenvalue weighted by molar-refractivity contribution is -0.118. The van der Waals surface area contributed by atoms with Gasteiger partial charge in [0.15, 0.2) is 0 Å². The molecule has 0 aliphatic carbocycles. The Hall–Kier alpha value is -2.28. The minimum absolute atomic E-state index is 0.00888. The minimum atomic E-state index is -1.11. The number of aryl methyl sites for hydroxylation is 2. The fourth-order valence-corrected chi connectivity index (χ4v) is 3.29. The Balaban J connectivity index is 2.18. The molecule has 0 aromatic heterocycles. The third-order valence-corrected chi connectivity index (χ3v) is 4.68. The van der Waals surface area contributed by atoms with Crippen molar-refractivity contribution in [3.8, 4) is 5.75 Å². The molecular formula is C21H30FN4O3P. The van der Waals surface area contributed by atoms with Crippen LogP contribution in [0, 0.1) is 13.8 Å². The number of hydrogen-bond acceptors (Lipinski definition) is 6. The first kappa shape index (κ1) is 24.0. The Labute approximate surface area is 179 Å². The van der Waals surface area contributed by atoms with Crippen LogP contribution in [0.2, 0.25) is 0 Å². The van der Waals surface area contributed by atoms with Gasteiger partial charge in [-0.1, -0.05) is 21.4 Å². The molecule has 7 nitrogen and oxygen atoms in total. The van der Waals surface area contributed by atoms with Crippen LogP contribution < -0.4 is 20.7 Å². The number of ether oxygens (including phenoxy) is 1. The van der Waals surface area contributed by atoms with Crippen molar-refractivity contribution in [3.05, 3.63) is 52.4 Å². The van der Waals surface area contributed by atoms with Gasteiger partial charge in [0.2, 0.25) is 0 Å². The van der Waals surface area contributed by atoms with E-state index in [4.69, 9.17) is 9.84 Å². The van der Waals surface area contributed by atoms with Crippen LogP contribution >= 0.6 is 9.24 Å². The quantitative estimate of drug-likeness (QED) is 0.329. The maximum absolute atomic E-state index is 13.0. The number of carbonyl (C=O) groups is 1. The maximum Gasteiger partial charge on any atom is 0.268 e. The van der Waals surface area contributed by atoms with Gasteiger partial charge >= 0.3 is 0 Å². The summed E-state index contributed by atoms with van der Waals surface area (Å²) in [5, 5.41) is 17.7. The second-order valence-corrected chi connectivity index (χ2v) is 7.66. The number of hydrogen-bond donors (Lipinski definition) is 4.